The smallest absolute Gasteiger partial charge is 0.338 e. The number of hydrogen-bond donors (Lipinski definition) is 1. The molecule has 1 aliphatic heterocycles. The van der Waals surface area contributed by atoms with Gasteiger partial charge in [0.2, 0.25) is 11.2 Å². The second kappa shape index (κ2) is 7.74. The molecule has 8 heteroatoms. The molecule has 2 aromatic carbocycles. The monoisotopic (exact) mass is 404 g/mol. The first kappa shape index (κ1) is 19.4. The number of amides is 1. The van der Waals surface area contributed by atoms with Crippen molar-refractivity contribution in [3.8, 4) is 0 Å². The minimum atomic E-state index is -1.64. The van der Waals surface area contributed by atoms with Gasteiger partial charge in [-0.1, -0.05) is 12.1 Å². The normalized spacial score (nSPS) is 16.5. The van der Waals surface area contributed by atoms with Gasteiger partial charge in [0.15, 0.2) is 0 Å². The molecule has 0 aliphatic carbocycles. The molecule has 0 bridgehead atoms. The highest BCUT2D eigenvalue weighted by Crippen LogP contribution is 2.31. The fourth-order valence-corrected chi connectivity index (χ4v) is 4.05. The largest absolute Gasteiger partial charge is 0.459 e. The van der Waals surface area contributed by atoms with Crippen molar-refractivity contribution in [2.24, 2.45) is 0 Å². The molecule has 1 unspecified atom stereocenters. The lowest BCUT2D eigenvalue weighted by atomic mass is 10.1. The molecule has 0 aromatic heterocycles. The Kier molecular flexibility index (Phi) is 5.57. The lowest BCUT2D eigenvalue weighted by Crippen LogP contribution is -2.45. The summed E-state index contributed by atoms with van der Waals surface area (Å²) in [7, 11) is 1.68. The molecule has 0 N–H and O–H groups in total. The van der Waals surface area contributed by atoms with E-state index in [1.165, 1.54) is 4.31 Å². The number of anilines is 1. The average Bonchev–Trinajstić information content (AvgIpc) is 2.63. The van der Waals surface area contributed by atoms with Crippen molar-refractivity contribution in [3.05, 3.63) is 59.2 Å². The van der Waals surface area contributed by atoms with Crippen LogP contribution in [0.5, 0.6) is 0 Å². The maximum absolute atomic E-state index is 12.8. The van der Waals surface area contributed by atoms with Crippen molar-refractivity contribution < 1.29 is 18.5 Å². The number of carbonyl (C=O) groups is 2. The van der Waals surface area contributed by atoms with Crippen LogP contribution < -0.4 is 4.31 Å². The van der Waals surface area contributed by atoms with Crippen LogP contribution in [0.25, 0.3) is 0 Å². The van der Waals surface area contributed by atoms with E-state index < -0.39 is 17.1 Å². The van der Waals surface area contributed by atoms with Crippen LogP contribution in [-0.2, 0) is 22.5 Å². The summed E-state index contributed by atoms with van der Waals surface area (Å²) in [5, 5.41) is 0. The highest BCUT2D eigenvalue weighted by molar-refractivity contribution is 7.84. The zero-order valence-corrected chi connectivity index (χ0v) is 16.9. The van der Waals surface area contributed by atoms with Gasteiger partial charge in [0.05, 0.1) is 29.5 Å². The first-order chi connectivity index (χ1) is 12.8. The van der Waals surface area contributed by atoms with Crippen LogP contribution in [0.2, 0.25) is 0 Å². The summed E-state index contributed by atoms with van der Waals surface area (Å²) in [6, 6.07) is 11.9. The second-order valence-electron chi connectivity index (χ2n) is 6.42. The molecule has 142 valence electrons. The van der Waals surface area contributed by atoms with Gasteiger partial charge >= 0.3 is 5.97 Å². The average molecular weight is 405 g/mol. The molecular formula is C19H20N2O4S2. The third kappa shape index (κ3) is 4.01. The second-order valence-corrected chi connectivity index (χ2v) is 8.39. The summed E-state index contributed by atoms with van der Waals surface area (Å²) < 4.78 is 20.7. The zero-order valence-electron chi connectivity index (χ0n) is 15.2. The molecular weight excluding hydrogens is 384 g/mol. The number of rotatable bonds is 4. The molecule has 0 fully saturated rings. The summed E-state index contributed by atoms with van der Waals surface area (Å²) in [6.07, 6.45) is -0.196. The maximum atomic E-state index is 12.8. The Hall–Kier alpha value is -2.32. The van der Waals surface area contributed by atoms with Crippen LogP contribution in [0.15, 0.2) is 47.4 Å². The fraction of sp³-hybridized carbons (Fsp3) is 0.263. The van der Waals surface area contributed by atoms with Crippen molar-refractivity contribution in [3.63, 3.8) is 0 Å². The van der Waals surface area contributed by atoms with E-state index in [0.29, 0.717) is 21.7 Å². The fourth-order valence-electron chi connectivity index (χ4n) is 2.73. The third-order valence-electron chi connectivity index (χ3n) is 4.06. The Labute approximate surface area is 166 Å². The molecule has 2 aromatic rings. The zero-order chi connectivity index (χ0) is 19.7. The van der Waals surface area contributed by atoms with Gasteiger partial charge in [-0.2, -0.15) is 0 Å². The number of hydrogen-bond acceptors (Lipinski definition) is 5. The molecule has 0 radical (unpaired) electrons. The summed E-state index contributed by atoms with van der Waals surface area (Å²) in [5.41, 5.74) is 2.26. The Morgan fingerprint density at radius 1 is 1.19 bits per heavy atom. The molecule has 0 saturated heterocycles. The summed E-state index contributed by atoms with van der Waals surface area (Å²) in [6.45, 7) is 3.73. The highest BCUT2D eigenvalue weighted by atomic mass is 32.2. The van der Waals surface area contributed by atoms with Crippen LogP contribution in [0.3, 0.4) is 0 Å². The van der Waals surface area contributed by atoms with Gasteiger partial charge < -0.3 is 4.74 Å². The molecule has 27 heavy (non-hydrogen) atoms. The molecule has 1 amide bonds. The number of ether oxygens (including phenoxy) is 1. The van der Waals surface area contributed by atoms with Crippen molar-refractivity contribution in [1.29, 1.82) is 0 Å². The predicted molar refractivity (Wildman–Crippen MR) is 107 cm³/mol. The molecule has 1 aliphatic rings. The Morgan fingerprint density at radius 2 is 1.85 bits per heavy atom. The van der Waals surface area contributed by atoms with Crippen LogP contribution >= 0.6 is 12.6 Å². The van der Waals surface area contributed by atoms with Gasteiger partial charge in [-0.05, 0) is 49.7 Å². The van der Waals surface area contributed by atoms with Crippen LogP contribution in [0, 0.1) is 0 Å². The number of thiol groups is 1. The third-order valence-corrected chi connectivity index (χ3v) is 5.67. The molecule has 1 atom stereocenters. The van der Waals surface area contributed by atoms with Gasteiger partial charge in [-0.25, -0.2) is 13.3 Å². The molecule has 1 heterocycles. The Bertz CT molecular complexity index is 912. The first-order valence-electron chi connectivity index (χ1n) is 8.38. The number of esters is 1. The van der Waals surface area contributed by atoms with E-state index in [2.05, 4.69) is 12.6 Å². The van der Waals surface area contributed by atoms with Crippen molar-refractivity contribution >= 4 is 41.4 Å². The van der Waals surface area contributed by atoms with Crippen LogP contribution in [0.1, 0.15) is 40.1 Å². The van der Waals surface area contributed by atoms with Crippen molar-refractivity contribution in [2.75, 3.05) is 11.4 Å². The number of benzene rings is 2. The highest BCUT2D eigenvalue weighted by Gasteiger charge is 2.34. The lowest BCUT2D eigenvalue weighted by molar-refractivity contribution is 0.0377. The van der Waals surface area contributed by atoms with Gasteiger partial charge in [-0.3, -0.25) is 9.10 Å². The summed E-state index contributed by atoms with van der Waals surface area (Å²) in [4.78, 5) is 25.4. The minimum Gasteiger partial charge on any atom is -0.459 e. The van der Waals surface area contributed by atoms with Gasteiger partial charge in [0, 0.05) is 11.9 Å². The van der Waals surface area contributed by atoms with E-state index in [1.807, 2.05) is 0 Å². The SMILES string of the molecule is CC(C)OC(=O)c1ccc(CN2C(=O)c3cc(S)ccc3N(C)S2=O)cc1. The lowest BCUT2D eigenvalue weighted by Gasteiger charge is -2.33. The van der Waals surface area contributed by atoms with E-state index in [0.717, 1.165) is 5.56 Å². The number of carbonyl (C=O) groups excluding carboxylic acids is 2. The predicted octanol–water partition coefficient (Wildman–Crippen LogP) is 3.21. The maximum Gasteiger partial charge on any atom is 0.338 e. The Morgan fingerprint density at radius 3 is 2.48 bits per heavy atom. The topological polar surface area (TPSA) is 66.9 Å². The first-order valence-corrected chi connectivity index (χ1v) is 9.89. The van der Waals surface area contributed by atoms with Crippen LogP contribution in [0.4, 0.5) is 5.69 Å². The molecule has 0 spiro atoms. The number of nitrogens with zero attached hydrogens (tertiary/aromatic N) is 2. The quantitative estimate of drug-likeness (QED) is 0.628. The van der Waals surface area contributed by atoms with Crippen molar-refractivity contribution in [1.82, 2.24) is 4.31 Å². The Balaban J connectivity index is 1.82. The molecule has 6 nitrogen and oxygen atoms in total. The van der Waals surface area contributed by atoms with Gasteiger partial charge in [0.1, 0.15) is 0 Å². The van der Waals surface area contributed by atoms with E-state index in [4.69, 9.17) is 4.74 Å². The van der Waals surface area contributed by atoms with Gasteiger partial charge in [0.25, 0.3) is 5.91 Å². The van der Waals surface area contributed by atoms with Crippen molar-refractivity contribution in [2.45, 2.75) is 31.4 Å². The van der Waals surface area contributed by atoms with E-state index >= 15 is 0 Å². The van der Waals surface area contributed by atoms with Gasteiger partial charge in [-0.15, -0.1) is 12.6 Å². The van der Waals surface area contributed by atoms with E-state index in [1.54, 1.807) is 67.7 Å². The standard InChI is InChI=1S/C19H20N2O4S2/c1-12(2)25-19(23)14-6-4-13(5-7-14)11-21-18(22)16-10-15(26)8-9-17(16)20(3)27(21)24/h4-10,12,26H,11H2,1-3H3. The summed E-state index contributed by atoms with van der Waals surface area (Å²) >= 11 is 2.64. The van der Waals surface area contributed by atoms with E-state index in [9.17, 15) is 13.8 Å². The molecule has 0 saturated carbocycles. The number of fused-ring (bicyclic) bond motifs is 1. The molecule has 3 rings (SSSR count). The van der Waals surface area contributed by atoms with E-state index in [-0.39, 0.29) is 18.6 Å². The summed E-state index contributed by atoms with van der Waals surface area (Å²) in [5.74, 6) is -0.718. The van der Waals surface area contributed by atoms with Crippen LogP contribution in [-0.4, -0.2) is 33.5 Å². The minimum absolute atomic E-state index is 0.158.